The first-order valence-corrected chi connectivity index (χ1v) is 8.14. The Kier molecular flexibility index (Phi) is 3.86. The lowest BCUT2D eigenvalue weighted by Crippen LogP contribution is -1.94. The Balaban J connectivity index is 1.68. The van der Waals surface area contributed by atoms with Crippen LogP contribution in [-0.4, -0.2) is 9.97 Å². The van der Waals surface area contributed by atoms with E-state index in [4.69, 9.17) is 14.4 Å². The molecule has 0 bridgehead atoms. The van der Waals surface area contributed by atoms with Crippen molar-refractivity contribution < 1.29 is 9.15 Å². The maximum absolute atomic E-state index is 8.97. The molecule has 26 heavy (non-hydrogen) atoms. The molecule has 0 radical (unpaired) electrons. The zero-order valence-electron chi connectivity index (χ0n) is 14.4. The molecular weight excluding hydrogens is 326 g/mol. The lowest BCUT2D eigenvalue weighted by molar-refractivity contribution is 0.468. The fourth-order valence-electron chi connectivity index (χ4n) is 2.97. The number of nitrogens with zero attached hydrogens (tertiary/aromatic N) is 3. The van der Waals surface area contributed by atoms with E-state index in [-0.39, 0.29) is 0 Å². The van der Waals surface area contributed by atoms with E-state index in [0.717, 1.165) is 33.4 Å². The van der Waals surface area contributed by atoms with E-state index in [1.807, 2.05) is 44.2 Å². The Bertz CT molecular complexity index is 1160. The first-order valence-electron chi connectivity index (χ1n) is 8.14. The van der Waals surface area contributed by atoms with Gasteiger partial charge >= 0.3 is 0 Å². The number of rotatable bonds is 3. The summed E-state index contributed by atoms with van der Waals surface area (Å²) in [5.41, 5.74) is 5.09. The fraction of sp³-hybridized carbons (Fsp3) is 0.0952. The summed E-state index contributed by atoms with van der Waals surface area (Å²) in [6.07, 6.45) is 3.28. The number of nitriles is 1. The van der Waals surface area contributed by atoms with E-state index in [1.54, 1.807) is 24.6 Å². The van der Waals surface area contributed by atoms with Crippen molar-refractivity contribution in [3.05, 3.63) is 71.9 Å². The third-order valence-electron chi connectivity index (χ3n) is 4.25. The largest absolute Gasteiger partial charge is 0.464 e. The van der Waals surface area contributed by atoms with E-state index in [9.17, 15) is 0 Å². The van der Waals surface area contributed by atoms with Crippen molar-refractivity contribution in [2.45, 2.75) is 13.8 Å². The van der Waals surface area contributed by atoms with Gasteiger partial charge in [0, 0.05) is 17.5 Å². The van der Waals surface area contributed by atoms with Crippen LogP contribution in [0.2, 0.25) is 0 Å². The van der Waals surface area contributed by atoms with Crippen LogP contribution >= 0.6 is 0 Å². The van der Waals surface area contributed by atoms with Crippen LogP contribution < -0.4 is 4.74 Å². The Morgan fingerprint density at radius 2 is 1.88 bits per heavy atom. The monoisotopic (exact) mass is 341 g/mol. The summed E-state index contributed by atoms with van der Waals surface area (Å²) < 4.78 is 11.3. The van der Waals surface area contributed by atoms with Crippen LogP contribution in [0.1, 0.15) is 17.0 Å². The van der Waals surface area contributed by atoms with Gasteiger partial charge in [0.05, 0.1) is 11.6 Å². The van der Waals surface area contributed by atoms with Crippen molar-refractivity contribution in [2.75, 3.05) is 0 Å². The van der Waals surface area contributed by atoms with Crippen LogP contribution in [0.5, 0.6) is 11.6 Å². The van der Waals surface area contributed by atoms with E-state index >= 15 is 0 Å². The maximum atomic E-state index is 8.97. The molecular formula is C21H15N3O2. The normalized spacial score (nSPS) is 10.7. The van der Waals surface area contributed by atoms with Crippen molar-refractivity contribution in [3.8, 4) is 28.8 Å². The zero-order valence-corrected chi connectivity index (χ0v) is 14.4. The highest BCUT2D eigenvalue weighted by molar-refractivity contribution is 5.82. The molecule has 0 unspecified atom stereocenters. The molecule has 0 aliphatic heterocycles. The number of fused-ring (bicyclic) bond motifs is 1. The van der Waals surface area contributed by atoms with Gasteiger partial charge in [0.25, 0.3) is 0 Å². The molecule has 0 N–H and O–H groups in total. The lowest BCUT2D eigenvalue weighted by atomic mass is 9.99. The molecule has 0 saturated carbocycles. The molecule has 0 amide bonds. The minimum Gasteiger partial charge on any atom is -0.464 e. The number of aromatic nitrogens is 2. The van der Waals surface area contributed by atoms with Gasteiger partial charge in [0.1, 0.15) is 23.1 Å². The standard InChI is InChI=1S/C21H15N3O2/c1-13-11-16(26-21-19-8-10-25-20(19)7-9-23-21)4-6-17(13)18-5-3-15(12-22)24-14(18)2/h3-11H,1-2H3. The summed E-state index contributed by atoms with van der Waals surface area (Å²) in [6, 6.07) is 15.2. The Hall–Kier alpha value is -3.65. The summed E-state index contributed by atoms with van der Waals surface area (Å²) in [7, 11) is 0. The Morgan fingerprint density at radius 3 is 2.65 bits per heavy atom. The quantitative estimate of drug-likeness (QED) is 0.514. The summed E-state index contributed by atoms with van der Waals surface area (Å²) in [5.74, 6) is 1.21. The predicted octanol–water partition coefficient (Wildman–Crippen LogP) is 5.17. The molecule has 3 heterocycles. The van der Waals surface area contributed by atoms with E-state index in [2.05, 4.69) is 16.0 Å². The van der Waals surface area contributed by atoms with Crippen molar-refractivity contribution >= 4 is 11.0 Å². The number of ether oxygens (including phenoxy) is 1. The molecule has 0 aliphatic rings. The predicted molar refractivity (Wildman–Crippen MR) is 97.9 cm³/mol. The summed E-state index contributed by atoms with van der Waals surface area (Å²) in [5, 5.41) is 9.81. The topological polar surface area (TPSA) is 71.9 Å². The second-order valence-corrected chi connectivity index (χ2v) is 5.97. The third-order valence-corrected chi connectivity index (χ3v) is 4.25. The molecule has 1 aromatic carbocycles. The average Bonchev–Trinajstić information content (AvgIpc) is 3.12. The number of hydrogen-bond acceptors (Lipinski definition) is 5. The molecule has 0 fully saturated rings. The molecule has 4 rings (SSSR count). The van der Waals surface area contributed by atoms with E-state index in [0.29, 0.717) is 17.3 Å². The molecule has 5 heteroatoms. The molecule has 0 spiro atoms. The second-order valence-electron chi connectivity index (χ2n) is 5.97. The van der Waals surface area contributed by atoms with E-state index < -0.39 is 0 Å². The summed E-state index contributed by atoms with van der Waals surface area (Å²) >= 11 is 0. The van der Waals surface area contributed by atoms with Crippen molar-refractivity contribution in [3.63, 3.8) is 0 Å². The summed E-state index contributed by atoms with van der Waals surface area (Å²) in [6.45, 7) is 3.93. The van der Waals surface area contributed by atoms with Crippen LogP contribution in [-0.2, 0) is 0 Å². The third kappa shape index (κ3) is 2.78. The van der Waals surface area contributed by atoms with Crippen molar-refractivity contribution in [2.24, 2.45) is 0 Å². The smallest absolute Gasteiger partial charge is 0.230 e. The number of aryl methyl sites for hydroxylation is 2. The van der Waals surface area contributed by atoms with Gasteiger partial charge < -0.3 is 9.15 Å². The summed E-state index contributed by atoms with van der Waals surface area (Å²) in [4.78, 5) is 8.61. The molecule has 5 nitrogen and oxygen atoms in total. The highest BCUT2D eigenvalue weighted by Crippen LogP contribution is 2.32. The van der Waals surface area contributed by atoms with Gasteiger partial charge in [-0.15, -0.1) is 0 Å². The minimum absolute atomic E-state index is 0.420. The molecule has 0 aliphatic carbocycles. The highest BCUT2D eigenvalue weighted by Gasteiger charge is 2.11. The Morgan fingerprint density at radius 1 is 1.04 bits per heavy atom. The highest BCUT2D eigenvalue weighted by atomic mass is 16.5. The molecule has 4 aromatic rings. The van der Waals surface area contributed by atoms with Crippen LogP contribution in [0.15, 0.2) is 59.3 Å². The minimum atomic E-state index is 0.420. The van der Waals surface area contributed by atoms with Gasteiger partial charge in [-0.3, -0.25) is 0 Å². The van der Waals surface area contributed by atoms with Crippen LogP contribution in [0.3, 0.4) is 0 Å². The Labute approximate surface area is 150 Å². The molecule has 3 aromatic heterocycles. The van der Waals surface area contributed by atoms with Gasteiger partial charge in [-0.2, -0.15) is 5.26 Å². The SMILES string of the molecule is Cc1cc(Oc2nccc3occc23)ccc1-c1ccc(C#N)nc1C. The van der Waals surface area contributed by atoms with Gasteiger partial charge in [0.15, 0.2) is 0 Å². The molecule has 126 valence electrons. The number of hydrogen-bond donors (Lipinski definition) is 0. The van der Waals surface area contributed by atoms with Crippen LogP contribution in [0.4, 0.5) is 0 Å². The second kappa shape index (κ2) is 6.34. The lowest BCUT2D eigenvalue weighted by Gasteiger charge is -2.11. The van der Waals surface area contributed by atoms with Crippen LogP contribution in [0, 0.1) is 25.2 Å². The first kappa shape index (κ1) is 15.9. The number of benzene rings is 1. The van der Waals surface area contributed by atoms with Gasteiger partial charge in [-0.05, 0) is 61.4 Å². The van der Waals surface area contributed by atoms with Crippen molar-refractivity contribution in [1.82, 2.24) is 9.97 Å². The number of furan rings is 1. The van der Waals surface area contributed by atoms with Gasteiger partial charge in [-0.25, -0.2) is 9.97 Å². The van der Waals surface area contributed by atoms with Crippen molar-refractivity contribution in [1.29, 1.82) is 5.26 Å². The first-order chi connectivity index (χ1) is 12.7. The zero-order chi connectivity index (χ0) is 18.1. The van der Waals surface area contributed by atoms with E-state index in [1.165, 1.54) is 0 Å². The molecule has 0 atom stereocenters. The average molecular weight is 341 g/mol. The van der Waals surface area contributed by atoms with Gasteiger partial charge in [-0.1, -0.05) is 6.07 Å². The number of pyridine rings is 2. The van der Waals surface area contributed by atoms with Crippen LogP contribution in [0.25, 0.3) is 22.1 Å². The maximum Gasteiger partial charge on any atom is 0.230 e. The van der Waals surface area contributed by atoms with Gasteiger partial charge in [0.2, 0.25) is 5.88 Å². The fourth-order valence-corrected chi connectivity index (χ4v) is 2.97. The molecule has 0 saturated heterocycles.